The van der Waals surface area contributed by atoms with E-state index in [0.717, 1.165) is 84.3 Å². The summed E-state index contributed by atoms with van der Waals surface area (Å²) >= 11 is 16.1. The first-order valence-electron chi connectivity index (χ1n) is 24.6. The minimum Gasteiger partial charge on any atom is -1.00 e. The average molecular weight is 1340 g/mol. The summed E-state index contributed by atoms with van der Waals surface area (Å²) in [5.41, 5.74) is 6.03. The summed E-state index contributed by atoms with van der Waals surface area (Å²) in [6.45, 7) is 10.3. The van der Waals surface area contributed by atoms with E-state index in [9.17, 15) is 9.59 Å². The summed E-state index contributed by atoms with van der Waals surface area (Å²) < 4.78 is 25.5. The minimum absolute atomic E-state index is 0. The summed E-state index contributed by atoms with van der Waals surface area (Å²) in [5.74, 6) is 1.51. The van der Waals surface area contributed by atoms with Crippen molar-refractivity contribution < 1.29 is 69.4 Å². The van der Waals surface area contributed by atoms with Crippen LogP contribution in [0.15, 0.2) is 91.0 Å². The van der Waals surface area contributed by atoms with Crippen LogP contribution in [0.25, 0.3) is 0 Å². The average Bonchev–Trinajstić information content (AvgIpc) is 3.93. The Morgan fingerprint density at radius 2 is 0.972 bits per heavy atom. The van der Waals surface area contributed by atoms with Gasteiger partial charge in [0, 0.05) is 91.2 Å². The predicted molar refractivity (Wildman–Crippen MR) is 316 cm³/mol. The number of carbonyl (C=O) groups is 2. The normalized spacial score (nSPS) is 20.5. The number of carbonyl (C=O) groups excluding carboxylic acids is 2. The molecule has 0 saturated carbocycles. The third-order valence-electron chi connectivity index (χ3n) is 11.0. The van der Waals surface area contributed by atoms with Gasteiger partial charge in [-0.05, 0) is 171 Å². The molecule has 0 aromatic heterocycles. The SMILES string of the molecule is BrC(Br)(Br)Br.BrC1CCCOCC1.C.CCC[C@@H](N)CC1CCCOCC1.O=C1CCCOCC1.O=C1CCOCC1.OC1CCCOCC1.[B].[H-].[Na+].c1ccc(P(c2ccccc2)c2ccccc2)cc1. The Bertz CT molecular complexity index is 1510. The van der Waals surface area contributed by atoms with Crippen molar-refractivity contribution in [3.63, 3.8) is 0 Å². The van der Waals surface area contributed by atoms with Crippen molar-refractivity contribution in [3.05, 3.63) is 91.0 Å². The summed E-state index contributed by atoms with van der Waals surface area (Å²) in [7, 11) is -0.446. The zero-order valence-corrected chi connectivity index (χ0v) is 52.7. The number of benzene rings is 3. The number of halogens is 5. The Kier molecular flexibility index (Phi) is 50.8. The fraction of sp³-hybridized carbons (Fsp3) is 0.630. The van der Waals surface area contributed by atoms with Gasteiger partial charge in [-0.1, -0.05) is 128 Å². The van der Waals surface area contributed by atoms with Crippen molar-refractivity contribution in [1.82, 2.24) is 0 Å². The van der Waals surface area contributed by atoms with Crippen molar-refractivity contribution in [2.75, 3.05) is 66.1 Å². The van der Waals surface area contributed by atoms with Gasteiger partial charge in [0.15, 0.2) is 1.05 Å². The second kappa shape index (κ2) is 48.9. The van der Waals surface area contributed by atoms with Gasteiger partial charge in [0.2, 0.25) is 0 Å². The molecule has 5 aliphatic heterocycles. The molecule has 9 nitrogen and oxygen atoms in total. The van der Waals surface area contributed by atoms with E-state index in [2.05, 4.69) is 178 Å². The maximum atomic E-state index is 10.6. The number of nitrogens with two attached hydrogens (primary N) is 1. The van der Waals surface area contributed by atoms with E-state index in [-0.39, 0.29) is 54.0 Å². The van der Waals surface area contributed by atoms with Crippen molar-refractivity contribution in [2.24, 2.45) is 11.7 Å². The van der Waals surface area contributed by atoms with Gasteiger partial charge < -0.3 is 36.0 Å². The van der Waals surface area contributed by atoms with E-state index < -0.39 is 7.92 Å². The standard InChI is InChI=1S/C18H15P.C11H23NO.C6H11BrO.C6H12O2.C6H10O2.C5H8O2.CBr4.CH4.B.Na.H/c1-4-10-16(11-5-1)19(17-12-6-2-7-13-17)18-14-8-3-9-15-18;1-2-4-11(12)9-10-5-3-7-13-8-6-10;3*7-6-2-1-4-8-5-3-6;6-5-1-3-7-4-2-5;2-1(3,4)5;;;;/h1-15H;10-11H,2-9,12H2,1H3;6H,1-5H2;6-7H,1-5H2;1-5H2;1-4H2;;1H4;;;/q;;;;;;;;;+1;-1/t;10?,11-;;;;;;;;;/m.1........./s1. The van der Waals surface area contributed by atoms with Crippen molar-refractivity contribution >= 4 is 123 Å². The first-order valence-corrected chi connectivity index (χ1v) is 30.0. The maximum Gasteiger partial charge on any atom is 1.00 e. The second-order valence-electron chi connectivity index (χ2n) is 17.0. The quantitative estimate of drug-likeness (QED) is 0.135. The van der Waals surface area contributed by atoms with Gasteiger partial charge in [0.05, 0.1) is 25.9 Å². The molecule has 3 radical (unpaired) electrons. The molecule has 71 heavy (non-hydrogen) atoms. The second-order valence-corrected chi connectivity index (χ2v) is 31.6. The molecular weight excluding hydrogens is 1250 g/mol. The van der Waals surface area contributed by atoms with E-state index >= 15 is 0 Å². The molecule has 3 aromatic carbocycles. The molecule has 5 saturated heterocycles. The number of alkyl halides is 5. The molecule has 3 aromatic rings. The van der Waals surface area contributed by atoms with Crippen LogP contribution in [0.2, 0.25) is 0 Å². The summed E-state index contributed by atoms with van der Waals surface area (Å²) in [5, 5.41) is 13.2. The van der Waals surface area contributed by atoms with Crippen LogP contribution in [0.3, 0.4) is 0 Å². The van der Waals surface area contributed by atoms with Crippen LogP contribution in [-0.4, -0.2) is 109 Å². The largest absolute Gasteiger partial charge is 1.00 e. The molecule has 8 rings (SSSR count). The van der Waals surface area contributed by atoms with Crippen LogP contribution in [-0.2, 0) is 33.3 Å². The molecule has 0 aliphatic carbocycles. The predicted octanol–water partition coefficient (Wildman–Crippen LogP) is 9.93. The molecule has 5 aliphatic rings. The van der Waals surface area contributed by atoms with Gasteiger partial charge in [0.1, 0.15) is 11.6 Å². The topological polar surface area (TPSA) is 127 Å². The molecule has 0 spiro atoms. The van der Waals surface area contributed by atoms with E-state index in [1.54, 1.807) is 0 Å². The van der Waals surface area contributed by atoms with Crippen molar-refractivity contribution in [3.8, 4) is 0 Å². The van der Waals surface area contributed by atoms with Crippen LogP contribution in [0.1, 0.15) is 125 Å². The Hall–Kier alpha value is 0.615. The Labute approximate surface area is 498 Å². The molecule has 397 valence electrons. The summed E-state index contributed by atoms with van der Waals surface area (Å²) in [6.07, 6.45) is 17.2. The van der Waals surface area contributed by atoms with E-state index in [1.165, 1.54) is 73.7 Å². The van der Waals surface area contributed by atoms with Gasteiger partial charge >= 0.3 is 29.6 Å². The molecule has 0 bridgehead atoms. The van der Waals surface area contributed by atoms with Crippen LogP contribution in [0.5, 0.6) is 0 Å². The number of aliphatic hydroxyl groups excluding tert-OH is 1. The smallest absolute Gasteiger partial charge is 1.00 e. The van der Waals surface area contributed by atoms with Gasteiger partial charge in [-0.3, -0.25) is 9.59 Å². The number of rotatable bonds is 7. The summed E-state index contributed by atoms with van der Waals surface area (Å²) in [4.78, 5) is 21.7. The van der Waals surface area contributed by atoms with Gasteiger partial charge in [-0.15, -0.1) is 0 Å². The number of aliphatic hydroxyl groups is 1. The van der Waals surface area contributed by atoms with E-state index in [1.807, 2.05) is 0 Å². The third kappa shape index (κ3) is 43.3. The molecule has 3 N–H and O–H groups in total. The number of hydrogen-bond donors (Lipinski definition) is 2. The van der Waals surface area contributed by atoms with Crippen LogP contribution in [0.4, 0.5) is 0 Å². The Morgan fingerprint density at radius 1 is 0.592 bits per heavy atom. The first-order chi connectivity index (χ1) is 32.9. The van der Waals surface area contributed by atoms with Gasteiger partial charge in [-0.2, -0.15) is 0 Å². The van der Waals surface area contributed by atoms with Crippen LogP contribution < -0.4 is 51.2 Å². The minimum atomic E-state index is -0.446. The summed E-state index contributed by atoms with van der Waals surface area (Å²) in [6, 6.07) is 32.8. The Balaban J connectivity index is -0.000000800. The van der Waals surface area contributed by atoms with Crippen LogP contribution in [0, 0.1) is 5.92 Å². The number of hydrogen-bond acceptors (Lipinski definition) is 9. The molecule has 17 heteroatoms. The zero-order chi connectivity index (χ0) is 49.5. The van der Waals surface area contributed by atoms with Crippen molar-refractivity contribution in [2.45, 2.75) is 142 Å². The fourth-order valence-corrected chi connectivity index (χ4v) is 10.3. The monoisotopic (exact) mass is 1330 g/mol. The molecule has 5 heterocycles. The number of Topliss-reactive ketones (excluding diaryl/α,β-unsaturated/α-hetero) is 2. The van der Waals surface area contributed by atoms with E-state index in [4.69, 9.17) is 34.5 Å². The van der Waals surface area contributed by atoms with Crippen LogP contribution >= 0.6 is 87.6 Å². The first kappa shape index (κ1) is 73.7. The number of ether oxygens (including phenoxy) is 5. The number of ketones is 2. The zero-order valence-electron chi connectivity index (χ0n) is 42.9. The Morgan fingerprint density at radius 3 is 1.44 bits per heavy atom. The molecule has 5 fully saturated rings. The maximum absolute atomic E-state index is 10.6. The van der Waals surface area contributed by atoms with Crippen molar-refractivity contribution in [1.29, 1.82) is 0 Å². The van der Waals surface area contributed by atoms with Gasteiger partial charge in [0.25, 0.3) is 0 Å². The fourth-order valence-electron chi connectivity index (χ4n) is 7.44. The molecule has 3 unspecified atom stereocenters. The molecular formula is C54H84BBr5NNaO8P. The molecule has 0 amide bonds. The third-order valence-corrected chi connectivity index (χ3v) is 14.4. The van der Waals surface area contributed by atoms with Gasteiger partial charge in [-0.25, -0.2) is 0 Å². The molecule has 4 atom stereocenters. The van der Waals surface area contributed by atoms with E-state index in [0.29, 0.717) is 61.5 Å².